The number of anilines is 2. The summed E-state index contributed by atoms with van der Waals surface area (Å²) in [5, 5.41) is 9.31. The van der Waals surface area contributed by atoms with Crippen LogP contribution in [0.5, 0.6) is 0 Å². The van der Waals surface area contributed by atoms with Gasteiger partial charge in [0.05, 0.1) is 8.07 Å². The first-order valence-electron chi connectivity index (χ1n) is 19.7. The topological polar surface area (TPSA) is 30.2 Å². The van der Waals surface area contributed by atoms with E-state index in [2.05, 4.69) is 185 Å². The van der Waals surface area contributed by atoms with Gasteiger partial charge in [0.15, 0.2) is 0 Å². The fraction of sp³-hybridized carbons (Fsp3) is 0.196. The summed E-state index contributed by atoms with van der Waals surface area (Å²) in [6.07, 6.45) is 1.83. The average molecular weight is 955 g/mol. The van der Waals surface area contributed by atoms with Crippen LogP contribution in [0.25, 0.3) is 47.9 Å². The van der Waals surface area contributed by atoms with E-state index in [-0.39, 0.29) is 26.3 Å². The van der Waals surface area contributed by atoms with Gasteiger partial charge < -0.3 is 15.2 Å². The second-order valence-electron chi connectivity index (χ2n) is 16.3. The molecule has 0 spiro atoms. The fourth-order valence-electron chi connectivity index (χ4n) is 7.57. The van der Waals surface area contributed by atoms with E-state index in [1.807, 2.05) is 41.8 Å². The summed E-state index contributed by atoms with van der Waals surface area (Å²) < 4.78 is 2.58. The van der Waals surface area contributed by atoms with E-state index in [0.717, 1.165) is 28.2 Å². The minimum atomic E-state index is -1.23. The fourth-order valence-corrected chi connectivity index (χ4v) is 9.67. The number of pyridine rings is 1. The van der Waals surface area contributed by atoms with Crippen LogP contribution in [0.2, 0.25) is 19.6 Å². The number of benzene rings is 6. The zero-order chi connectivity index (χ0) is 39.0. The van der Waals surface area contributed by atoms with Crippen molar-refractivity contribution in [2.24, 2.45) is 0 Å². The number of nitrogens with zero attached hydrogens (tertiary/aromatic N) is 3. The smallest absolute Gasteiger partial charge is 0.661 e. The first kappa shape index (κ1) is 40.4. The van der Waals surface area contributed by atoms with Crippen molar-refractivity contribution in [2.75, 3.05) is 4.90 Å². The molecule has 0 fully saturated rings. The Balaban J connectivity index is 0.000000246. The van der Waals surface area contributed by atoms with Crippen molar-refractivity contribution in [3.8, 4) is 22.4 Å². The van der Waals surface area contributed by atoms with Crippen LogP contribution in [0.15, 0.2) is 146 Å². The van der Waals surface area contributed by atoms with Crippen LogP contribution in [0.1, 0.15) is 62.4 Å². The summed E-state index contributed by atoms with van der Waals surface area (Å²) in [7, 11) is -1.23. The van der Waals surface area contributed by atoms with Gasteiger partial charge in [-0.05, 0) is 80.8 Å². The van der Waals surface area contributed by atoms with Crippen LogP contribution in [0.3, 0.4) is 0 Å². The van der Waals surface area contributed by atoms with Gasteiger partial charge in [-0.3, -0.25) is 0 Å². The Labute approximate surface area is 357 Å². The van der Waals surface area contributed by atoms with Gasteiger partial charge in [0.1, 0.15) is 0 Å². The van der Waals surface area contributed by atoms with Gasteiger partial charge in [0.25, 0.3) is 0 Å². The van der Waals surface area contributed by atoms with Crippen LogP contribution < -0.4 is 10.1 Å². The van der Waals surface area contributed by atoms with Gasteiger partial charge in [-0.15, -0.1) is 47.0 Å². The van der Waals surface area contributed by atoms with E-state index < -0.39 is 8.07 Å². The number of fused-ring (bicyclic) bond motifs is 4. The predicted molar refractivity (Wildman–Crippen MR) is 244 cm³/mol. The molecule has 8 aromatic rings. The van der Waals surface area contributed by atoms with Crippen LogP contribution >= 0.6 is 11.3 Å². The van der Waals surface area contributed by atoms with Crippen molar-refractivity contribution in [2.45, 2.75) is 65.3 Å². The second-order valence-corrected chi connectivity index (χ2v) is 22.4. The summed E-state index contributed by atoms with van der Waals surface area (Å²) >= 11 is 1.83. The molecular weight excluding hydrogens is 907 g/mol. The Hall–Kier alpha value is -4.84. The Bertz CT molecular complexity index is 2580. The molecule has 0 aliphatic carbocycles. The molecule has 3 nitrogen and oxygen atoms in total. The molecule has 3 heterocycles. The molecule has 0 N–H and O–H groups in total. The molecule has 6 aromatic carbocycles. The number of thiophene rings is 1. The molecule has 0 radical (unpaired) electrons. The zero-order valence-corrected chi connectivity index (χ0v) is 37.9. The third kappa shape index (κ3) is 8.28. The first-order valence-corrected chi connectivity index (χ1v) is 24.0. The Kier molecular flexibility index (Phi) is 12.0. The molecule has 1 unspecified atom stereocenters. The maximum absolute atomic E-state index is 5.33. The summed E-state index contributed by atoms with van der Waals surface area (Å²) in [5.41, 5.74) is 11.9. The van der Waals surface area contributed by atoms with Gasteiger partial charge in [0, 0.05) is 22.3 Å². The third-order valence-electron chi connectivity index (χ3n) is 10.6. The van der Waals surface area contributed by atoms with Gasteiger partial charge in [-0.2, -0.15) is 23.8 Å². The van der Waals surface area contributed by atoms with Crippen molar-refractivity contribution < 1.29 is 20.1 Å². The largest absolute Gasteiger partial charge is 3.00 e. The minimum absolute atomic E-state index is 0. The number of hydrogen-bond acceptors (Lipinski definition) is 3. The van der Waals surface area contributed by atoms with Crippen molar-refractivity contribution in [3.63, 3.8) is 0 Å². The van der Waals surface area contributed by atoms with Gasteiger partial charge in [0.2, 0.25) is 0 Å². The molecule has 6 heteroatoms. The molecule has 0 saturated heterocycles. The first-order chi connectivity index (χ1) is 27.1. The molecule has 57 heavy (non-hydrogen) atoms. The number of hydrogen-bond donors (Lipinski definition) is 0. The zero-order valence-electron chi connectivity index (χ0n) is 33.7. The van der Waals surface area contributed by atoms with Crippen LogP contribution in [-0.2, 0) is 20.1 Å². The molecular formula is C51H48IrN3SSi. The molecule has 9 rings (SSSR count). The Morgan fingerprint density at radius 2 is 1.37 bits per heavy atom. The normalized spacial score (nSPS) is 13.6. The maximum Gasteiger partial charge on any atom is 3.00 e. The van der Waals surface area contributed by atoms with Crippen molar-refractivity contribution >= 4 is 61.8 Å². The van der Waals surface area contributed by atoms with Crippen molar-refractivity contribution in [1.29, 1.82) is 0 Å². The molecule has 0 amide bonds. The van der Waals surface area contributed by atoms with E-state index in [9.17, 15) is 0 Å². The van der Waals surface area contributed by atoms with Gasteiger partial charge >= 0.3 is 20.1 Å². The standard InChI is InChI=1S/C37H32N2S.C14H16NSi.Ir/c1-23(2)29-21-27(25-12-6-5-7-13-25)22-30(24(3)4)36(29)39-33-16-10-9-15-32(33)38-37(39)26-18-19-35-31(20-26)28-14-8-11-17-34(28)40-35;1-16(2,3)13-9-10-14(15-11-13)12-7-5-4-6-8-12;/h5-17,19-24,37H,1-4H3;4-7,9-11H,1-3H3;/q-2;-1;+3. The van der Waals surface area contributed by atoms with Crippen molar-refractivity contribution in [1.82, 2.24) is 4.98 Å². The van der Waals surface area contributed by atoms with Crippen LogP contribution in [-0.4, -0.2) is 13.1 Å². The van der Waals surface area contributed by atoms with Crippen molar-refractivity contribution in [3.05, 3.63) is 180 Å². The summed E-state index contributed by atoms with van der Waals surface area (Å²) in [6.45, 7) is 16.2. The van der Waals surface area contributed by atoms with E-state index >= 15 is 0 Å². The monoisotopic (exact) mass is 955 g/mol. The molecule has 1 aliphatic rings. The average Bonchev–Trinajstić information content (AvgIpc) is 3.79. The predicted octanol–water partition coefficient (Wildman–Crippen LogP) is 14.7. The maximum atomic E-state index is 5.33. The summed E-state index contributed by atoms with van der Waals surface area (Å²) in [4.78, 5) is 7.01. The van der Waals surface area contributed by atoms with E-state index in [1.54, 1.807) is 0 Å². The van der Waals surface area contributed by atoms with Crippen LogP contribution in [0, 0.1) is 12.1 Å². The SMILES string of the molecule is CC(C)c1cc(-c2ccccc2)cc(C(C)C)c1N1c2ccccc2[N-]C1c1[c-]cc2sc3ccccc3c2c1.C[Si](C)(C)c1ccc(-c2[c-]cccc2)nc1.[Ir+3]. The Morgan fingerprint density at radius 1 is 0.684 bits per heavy atom. The molecule has 1 aliphatic heterocycles. The van der Waals surface area contributed by atoms with E-state index in [0.29, 0.717) is 11.8 Å². The van der Waals surface area contributed by atoms with Crippen LogP contribution in [0.4, 0.5) is 17.1 Å². The van der Waals surface area contributed by atoms with Gasteiger partial charge in [-0.1, -0.05) is 131 Å². The van der Waals surface area contributed by atoms with E-state index in [1.165, 1.54) is 53.3 Å². The quantitative estimate of drug-likeness (QED) is 0.118. The number of para-hydroxylation sites is 2. The minimum Gasteiger partial charge on any atom is -0.661 e. The summed E-state index contributed by atoms with van der Waals surface area (Å²) in [6, 6.07) is 56.4. The number of rotatable bonds is 7. The molecule has 0 bridgehead atoms. The van der Waals surface area contributed by atoms with E-state index in [4.69, 9.17) is 5.32 Å². The molecule has 2 aromatic heterocycles. The Morgan fingerprint density at radius 3 is 2.04 bits per heavy atom. The molecule has 0 saturated carbocycles. The second kappa shape index (κ2) is 16.9. The third-order valence-corrected chi connectivity index (χ3v) is 13.8. The number of aromatic nitrogens is 1. The molecule has 286 valence electrons. The van der Waals surface area contributed by atoms with Gasteiger partial charge in [-0.25, -0.2) is 11.3 Å². The summed E-state index contributed by atoms with van der Waals surface area (Å²) in [5.74, 6) is 0.689. The molecule has 1 atom stereocenters.